The van der Waals surface area contributed by atoms with Gasteiger partial charge in [0.2, 0.25) is 0 Å². The van der Waals surface area contributed by atoms with Gasteiger partial charge in [-0.15, -0.1) is 0 Å². The maximum Gasteiger partial charge on any atom is 0.251 e. The molecular formula is C34H49FN2O3S. The van der Waals surface area contributed by atoms with Gasteiger partial charge in [-0.1, -0.05) is 19.9 Å². The van der Waals surface area contributed by atoms with Gasteiger partial charge in [0.15, 0.2) is 5.78 Å². The zero-order chi connectivity index (χ0) is 30.4. The summed E-state index contributed by atoms with van der Waals surface area (Å²) in [7, 11) is 0. The van der Waals surface area contributed by atoms with E-state index in [0.29, 0.717) is 17.3 Å². The Morgan fingerprint density at radius 3 is 2.00 bits per heavy atom. The van der Waals surface area contributed by atoms with Crippen LogP contribution in [0.5, 0.6) is 0 Å². The molecule has 0 unspecified atom stereocenters. The van der Waals surface area contributed by atoms with E-state index in [2.05, 4.69) is 48.0 Å². The molecule has 1 aliphatic heterocycles. The summed E-state index contributed by atoms with van der Waals surface area (Å²) in [6.45, 7) is 10.8. The van der Waals surface area contributed by atoms with Crippen LogP contribution in [0, 0.1) is 24.6 Å². The summed E-state index contributed by atoms with van der Waals surface area (Å²) < 4.78 is 12.5. The average molecular weight is 585 g/mol. The second kappa shape index (κ2) is 18.1. The van der Waals surface area contributed by atoms with Gasteiger partial charge < -0.3 is 10.1 Å². The molecule has 2 aliphatic carbocycles. The fraction of sp³-hybridized carbons (Fsp3) is 0.588. The van der Waals surface area contributed by atoms with Crippen LogP contribution in [0.1, 0.15) is 117 Å². The molecule has 3 aliphatic rings. The first-order chi connectivity index (χ1) is 19.5. The summed E-state index contributed by atoms with van der Waals surface area (Å²) in [5.41, 5.74) is 4.58. The maximum atomic E-state index is 12.5. The van der Waals surface area contributed by atoms with E-state index in [0.717, 1.165) is 42.9 Å². The minimum Gasteiger partial charge on any atom is -0.349 e. The van der Waals surface area contributed by atoms with Crippen molar-refractivity contribution >= 4 is 29.2 Å². The Labute approximate surface area is 250 Å². The highest BCUT2D eigenvalue weighted by molar-refractivity contribution is 7.99. The Balaban J connectivity index is 0.000000225. The van der Waals surface area contributed by atoms with Crippen LogP contribution < -0.4 is 5.32 Å². The van der Waals surface area contributed by atoms with E-state index in [1.165, 1.54) is 88.0 Å². The van der Waals surface area contributed by atoms with Crippen molar-refractivity contribution in [1.82, 2.24) is 10.3 Å². The predicted octanol–water partition coefficient (Wildman–Crippen LogP) is 7.96. The van der Waals surface area contributed by atoms with E-state index >= 15 is 0 Å². The third-order valence-corrected chi connectivity index (χ3v) is 8.70. The Morgan fingerprint density at radius 2 is 1.46 bits per heavy atom. The minimum atomic E-state index is -0.471. The molecule has 7 heteroatoms. The standard InChI is InChI=1S/C17H23NO.C8H8FNO.C6H12S.C3H6O/c1-12-5-9-16(10-6-12)18-17(19)15-8-7-13-3-2-4-14(13)11-15;1-5-8(6(2)11)3-7(9)4-10-5;1-6-2-4-7-5-3-6;1-3(2)4/h7-8,11-12,16H,2-6,9-10H2,1H3,(H,18,19);3-4H,1-2H3;6H,2-5H2,1H3;1-2H3. The molecule has 0 bridgehead atoms. The lowest BCUT2D eigenvalue weighted by Gasteiger charge is -2.27. The van der Waals surface area contributed by atoms with Gasteiger partial charge in [-0.3, -0.25) is 14.6 Å². The van der Waals surface area contributed by atoms with E-state index in [-0.39, 0.29) is 17.5 Å². The minimum absolute atomic E-state index is 0.120. The fourth-order valence-electron chi connectivity index (χ4n) is 5.07. The molecular weight excluding hydrogens is 535 g/mol. The monoisotopic (exact) mass is 584 g/mol. The number of rotatable bonds is 3. The summed E-state index contributed by atoms with van der Waals surface area (Å²) in [6.07, 6.45) is 12.3. The van der Waals surface area contributed by atoms with Gasteiger partial charge >= 0.3 is 0 Å². The van der Waals surface area contributed by atoms with Crippen molar-refractivity contribution < 1.29 is 18.8 Å². The molecule has 0 spiro atoms. The van der Waals surface area contributed by atoms with Gasteiger partial charge in [-0.25, -0.2) is 4.39 Å². The number of hydrogen-bond donors (Lipinski definition) is 1. The molecule has 1 amide bonds. The van der Waals surface area contributed by atoms with Crippen molar-refractivity contribution in [2.75, 3.05) is 11.5 Å². The summed E-state index contributed by atoms with van der Waals surface area (Å²) in [4.78, 5) is 36.2. The largest absolute Gasteiger partial charge is 0.349 e. The zero-order valence-electron chi connectivity index (χ0n) is 25.9. The molecule has 1 aromatic heterocycles. The molecule has 2 aromatic rings. The number of carbonyl (C=O) groups is 3. The number of Topliss-reactive ketones (excluding diaryl/α,β-unsaturated/α-hetero) is 2. The molecule has 41 heavy (non-hydrogen) atoms. The topological polar surface area (TPSA) is 76.1 Å². The number of aryl methyl sites for hydroxylation is 3. The second-order valence-corrected chi connectivity index (χ2v) is 13.0. The fourth-order valence-corrected chi connectivity index (χ4v) is 6.41. The number of pyridine rings is 1. The van der Waals surface area contributed by atoms with Crippen LogP contribution >= 0.6 is 11.8 Å². The van der Waals surface area contributed by atoms with Crippen molar-refractivity contribution in [3.63, 3.8) is 0 Å². The Morgan fingerprint density at radius 1 is 0.878 bits per heavy atom. The molecule has 0 radical (unpaired) electrons. The SMILES string of the molecule is CC(=O)c1cc(F)cnc1C.CC(C)=O.CC1CCC(NC(=O)c2ccc3c(c2)CCC3)CC1.CC1CCSCC1. The van der Waals surface area contributed by atoms with Crippen molar-refractivity contribution in [3.05, 3.63) is 64.2 Å². The van der Waals surface area contributed by atoms with Gasteiger partial charge in [0.05, 0.1) is 6.20 Å². The van der Waals surface area contributed by atoms with Gasteiger partial charge in [-0.2, -0.15) is 11.8 Å². The van der Waals surface area contributed by atoms with Crippen LogP contribution in [0.2, 0.25) is 0 Å². The number of nitrogens with one attached hydrogen (secondary N) is 1. The molecule has 2 fully saturated rings. The number of fused-ring (bicyclic) bond motifs is 1. The van der Waals surface area contributed by atoms with E-state index in [1.54, 1.807) is 6.92 Å². The normalized spacial score (nSPS) is 19.6. The molecule has 5 nitrogen and oxygen atoms in total. The molecule has 1 saturated heterocycles. The third kappa shape index (κ3) is 13.3. The van der Waals surface area contributed by atoms with Crippen molar-refractivity contribution in [2.24, 2.45) is 11.8 Å². The number of hydrogen-bond acceptors (Lipinski definition) is 5. The second-order valence-electron chi connectivity index (χ2n) is 11.8. The smallest absolute Gasteiger partial charge is 0.251 e. The molecule has 1 N–H and O–H groups in total. The number of carbonyl (C=O) groups excluding carboxylic acids is 3. The van der Waals surface area contributed by atoms with Gasteiger partial charge in [-0.05, 0) is 138 Å². The third-order valence-electron chi connectivity index (χ3n) is 7.65. The molecule has 0 atom stereocenters. The summed E-state index contributed by atoms with van der Waals surface area (Å²) in [5.74, 6) is 4.31. The number of nitrogens with zero attached hydrogens (tertiary/aromatic N) is 1. The maximum absolute atomic E-state index is 12.5. The van der Waals surface area contributed by atoms with Crippen LogP contribution in [0.3, 0.4) is 0 Å². The molecule has 5 rings (SSSR count). The Kier molecular flexibility index (Phi) is 15.3. The number of ketones is 2. The van der Waals surface area contributed by atoms with Gasteiger partial charge in [0, 0.05) is 22.9 Å². The van der Waals surface area contributed by atoms with E-state index in [1.807, 2.05) is 6.07 Å². The lowest BCUT2D eigenvalue weighted by atomic mass is 9.87. The number of thioether (sulfide) groups is 1. The molecule has 226 valence electrons. The Bertz CT molecular complexity index is 1130. The van der Waals surface area contributed by atoms with Gasteiger partial charge in [0.1, 0.15) is 11.6 Å². The number of halogens is 1. The van der Waals surface area contributed by atoms with Crippen molar-refractivity contribution in [3.8, 4) is 0 Å². The summed E-state index contributed by atoms with van der Waals surface area (Å²) in [5, 5.41) is 3.21. The first-order valence-corrected chi connectivity index (χ1v) is 16.2. The predicted molar refractivity (Wildman–Crippen MR) is 168 cm³/mol. The van der Waals surface area contributed by atoms with E-state index in [9.17, 15) is 18.8 Å². The highest BCUT2D eigenvalue weighted by Crippen LogP contribution is 2.25. The van der Waals surface area contributed by atoms with Crippen LogP contribution in [0.4, 0.5) is 4.39 Å². The van der Waals surface area contributed by atoms with Gasteiger partial charge in [0.25, 0.3) is 5.91 Å². The summed E-state index contributed by atoms with van der Waals surface area (Å²) >= 11 is 2.10. The van der Waals surface area contributed by atoms with Crippen LogP contribution in [-0.4, -0.2) is 40.0 Å². The number of aromatic nitrogens is 1. The quantitative estimate of drug-likeness (QED) is 0.371. The first-order valence-electron chi connectivity index (χ1n) is 15.1. The lowest BCUT2D eigenvalue weighted by Crippen LogP contribution is -2.37. The van der Waals surface area contributed by atoms with Crippen LogP contribution in [0.15, 0.2) is 30.5 Å². The van der Waals surface area contributed by atoms with Crippen LogP contribution in [-0.2, 0) is 17.6 Å². The summed E-state index contributed by atoms with van der Waals surface area (Å²) in [6, 6.07) is 7.82. The van der Waals surface area contributed by atoms with Crippen molar-refractivity contribution in [2.45, 2.75) is 105 Å². The molecule has 1 saturated carbocycles. The Hall–Kier alpha value is -2.54. The highest BCUT2D eigenvalue weighted by Gasteiger charge is 2.21. The highest BCUT2D eigenvalue weighted by atomic mass is 32.2. The number of amides is 1. The molecule has 1 aromatic carbocycles. The van der Waals surface area contributed by atoms with Crippen LogP contribution in [0.25, 0.3) is 0 Å². The number of benzene rings is 1. The zero-order valence-corrected chi connectivity index (χ0v) is 26.7. The van der Waals surface area contributed by atoms with E-state index in [4.69, 9.17) is 0 Å². The average Bonchev–Trinajstić information content (AvgIpc) is 3.40. The lowest BCUT2D eigenvalue weighted by molar-refractivity contribution is -0.115. The first kappa shape index (κ1) is 34.7. The van der Waals surface area contributed by atoms with E-state index < -0.39 is 5.82 Å². The molecule has 2 heterocycles. The van der Waals surface area contributed by atoms with Crippen molar-refractivity contribution in [1.29, 1.82) is 0 Å².